The lowest BCUT2D eigenvalue weighted by Crippen LogP contribution is -2.28. The number of amides is 1. The number of ether oxygens (including phenoxy) is 2. The van der Waals surface area contributed by atoms with Crippen LogP contribution in [0.1, 0.15) is 24.0 Å². The molecule has 0 bridgehead atoms. The first-order chi connectivity index (χ1) is 17.1. The van der Waals surface area contributed by atoms with Gasteiger partial charge in [0.05, 0.1) is 32.5 Å². The highest BCUT2D eigenvalue weighted by molar-refractivity contribution is 7.99. The van der Waals surface area contributed by atoms with Crippen molar-refractivity contribution in [2.24, 2.45) is 5.10 Å². The van der Waals surface area contributed by atoms with Gasteiger partial charge < -0.3 is 24.2 Å². The maximum atomic E-state index is 13.2. The van der Waals surface area contributed by atoms with Crippen molar-refractivity contribution in [3.05, 3.63) is 66.5 Å². The molecule has 1 aromatic carbocycles. The van der Waals surface area contributed by atoms with Crippen molar-refractivity contribution in [1.29, 1.82) is 0 Å². The van der Waals surface area contributed by atoms with Crippen LogP contribution in [0.4, 0.5) is 0 Å². The molecule has 0 aliphatic carbocycles. The lowest BCUT2D eigenvalue weighted by Gasteiger charge is -2.19. The number of carbonyl (C=O) groups is 1. The van der Waals surface area contributed by atoms with E-state index in [2.05, 4.69) is 15.3 Å². The van der Waals surface area contributed by atoms with Gasteiger partial charge in [-0.25, -0.2) is 9.69 Å². The summed E-state index contributed by atoms with van der Waals surface area (Å²) >= 11 is 1.17. The van der Waals surface area contributed by atoms with Gasteiger partial charge in [-0.15, -0.1) is 10.2 Å². The Kier molecular flexibility index (Phi) is 6.19. The van der Waals surface area contributed by atoms with E-state index in [1.807, 2.05) is 12.1 Å². The van der Waals surface area contributed by atoms with E-state index in [1.165, 1.54) is 21.4 Å². The molecule has 4 heterocycles. The summed E-state index contributed by atoms with van der Waals surface area (Å²) in [4.78, 5) is 13.2. The van der Waals surface area contributed by atoms with Gasteiger partial charge in [0.15, 0.2) is 17.3 Å². The molecule has 1 aliphatic rings. The summed E-state index contributed by atoms with van der Waals surface area (Å²) in [5, 5.41) is 14.7. The van der Waals surface area contributed by atoms with Crippen molar-refractivity contribution < 1.29 is 23.1 Å². The number of hydrazone groups is 1. The van der Waals surface area contributed by atoms with Gasteiger partial charge >= 0.3 is 0 Å². The summed E-state index contributed by atoms with van der Waals surface area (Å²) in [5.41, 5.74) is 1.37. The molecule has 1 aliphatic heterocycles. The van der Waals surface area contributed by atoms with E-state index in [0.29, 0.717) is 51.7 Å². The topological polar surface area (TPSA) is 134 Å². The van der Waals surface area contributed by atoms with E-state index in [4.69, 9.17) is 24.2 Å². The smallest absolute Gasteiger partial charge is 0.253 e. The molecule has 1 atom stereocenters. The maximum Gasteiger partial charge on any atom is 0.253 e. The fourth-order valence-electron chi connectivity index (χ4n) is 3.77. The molecule has 12 heteroatoms. The predicted molar refractivity (Wildman–Crippen MR) is 128 cm³/mol. The SMILES string of the molecule is COc1ccc(-c2nnc(SCC(=O)N3N=C(c4ccco4)CC3c3ccco3)n2N)cc1OC. The number of nitrogen functional groups attached to an aromatic ring is 1. The van der Waals surface area contributed by atoms with Crippen LogP contribution in [0.5, 0.6) is 11.5 Å². The maximum absolute atomic E-state index is 13.2. The number of hydrogen-bond donors (Lipinski definition) is 1. The lowest BCUT2D eigenvalue weighted by atomic mass is 10.1. The second-order valence-corrected chi connectivity index (χ2v) is 8.47. The average Bonchev–Trinajstić information content (AvgIpc) is 3.68. The average molecular weight is 495 g/mol. The lowest BCUT2D eigenvalue weighted by molar-refractivity contribution is -0.130. The van der Waals surface area contributed by atoms with Gasteiger partial charge in [-0.1, -0.05) is 11.8 Å². The Hall–Kier alpha value is -4.19. The number of aromatic nitrogens is 3. The molecule has 3 aromatic heterocycles. The van der Waals surface area contributed by atoms with Crippen LogP contribution in [0.2, 0.25) is 0 Å². The van der Waals surface area contributed by atoms with E-state index in [9.17, 15) is 4.79 Å². The van der Waals surface area contributed by atoms with E-state index in [1.54, 1.807) is 57.1 Å². The van der Waals surface area contributed by atoms with E-state index in [0.717, 1.165) is 0 Å². The van der Waals surface area contributed by atoms with Gasteiger partial charge in [-0.05, 0) is 42.5 Å². The molecule has 5 rings (SSSR count). The number of benzene rings is 1. The highest BCUT2D eigenvalue weighted by Gasteiger charge is 2.35. The highest BCUT2D eigenvalue weighted by atomic mass is 32.2. The van der Waals surface area contributed by atoms with Gasteiger partial charge in [0, 0.05) is 12.0 Å². The van der Waals surface area contributed by atoms with Crippen LogP contribution in [-0.2, 0) is 4.79 Å². The van der Waals surface area contributed by atoms with Crippen LogP contribution in [0.3, 0.4) is 0 Å². The Morgan fingerprint density at radius 3 is 2.63 bits per heavy atom. The van der Waals surface area contributed by atoms with E-state index >= 15 is 0 Å². The third kappa shape index (κ3) is 4.35. The molecule has 0 spiro atoms. The van der Waals surface area contributed by atoms with Gasteiger partial charge in [0.1, 0.15) is 23.3 Å². The summed E-state index contributed by atoms with van der Waals surface area (Å²) < 4.78 is 23.0. The number of nitrogens with zero attached hydrogens (tertiary/aromatic N) is 5. The largest absolute Gasteiger partial charge is 0.493 e. The highest BCUT2D eigenvalue weighted by Crippen LogP contribution is 2.35. The van der Waals surface area contributed by atoms with Gasteiger partial charge in [-0.3, -0.25) is 4.79 Å². The normalized spacial score (nSPS) is 15.3. The Bertz CT molecular complexity index is 1350. The molecule has 180 valence electrons. The molecule has 11 nitrogen and oxygen atoms in total. The predicted octanol–water partition coefficient (Wildman–Crippen LogP) is 3.33. The number of furan rings is 2. The van der Waals surface area contributed by atoms with Crippen molar-refractivity contribution in [3.8, 4) is 22.9 Å². The molecule has 2 N–H and O–H groups in total. The fourth-order valence-corrected chi connectivity index (χ4v) is 4.48. The summed E-state index contributed by atoms with van der Waals surface area (Å²) in [6, 6.07) is 12.2. The molecule has 1 unspecified atom stereocenters. The minimum Gasteiger partial charge on any atom is -0.493 e. The van der Waals surface area contributed by atoms with Crippen molar-refractivity contribution in [2.75, 3.05) is 25.8 Å². The third-order valence-electron chi connectivity index (χ3n) is 5.47. The first-order valence-corrected chi connectivity index (χ1v) is 11.6. The Balaban J connectivity index is 1.33. The first-order valence-electron chi connectivity index (χ1n) is 10.6. The van der Waals surface area contributed by atoms with Gasteiger partial charge in [0.2, 0.25) is 5.16 Å². The molecule has 4 aromatic rings. The molecular formula is C23H22N6O5S. The Morgan fingerprint density at radius 1 is 1.11 bits per heavy atom. The van der Waals surface area contributed by atoms with E-state index in [-0.39, 0.29) is 17.7 Å². The van der Waals surface area contributed by atoms with Crippen molar-refractivity contribution in [3.63, 3.8) is 0 Å². The monoisotopic (exact) mass is 494 g/mol. The summed E-state index contributed by atoms with van der Waals surface area (Å²) in [5.74, 6) is 8.88. The van der Waals surface area contributed by atoms with Crippen molar-refractivity contribution >= 4 is 23.4 Å². The number of thioether (sulfide) groups is 1. The molecule has 0 radical (unpaired) electrons. The molecule has 35 heavy (non-hydrogen) atoms. The number of carbonyl (C=O) groups excluding carboxylic acids is 1. The Morgan fingerprint density at radius 2 is 1.91 bits per heavy atom. The van der Waals surface area contributed by atoms with Crippen molar-refractivity contribution in [1.82, 2.24) is 19.9 Å². The molecular weight excluding hydrogens is 472 g/mol. The molecule has 0 saturated carbocycles. The fraction of sp³-hybridized carbons (Fsp3) is 0.217. The van der Waals surface area contributed by atoms with Crippen LogP contribution in [0, 0.1) is 0 Å². The molecule has 0 saturated heterocycles. The van der Waals surface area contributed by atoms with Crippen LogP contribution >= 0.6 is 11.8 Å². The number of rotatable bonds is 8. The third-order valence-corrected chi connectivity index (χ3v) is 6.40. The zero-order chi connectivity index (χ0) is 24.4. The first kappa shape index (κ1) is 22.6. The minimum atomic E-state index is -0.365. The molecule has 0 fully saturated rings. The van der Waals surface area contributed by atoms with Crippen molar-refractivity contribution in [2.45, 2.75) is 17.6 Å². The van der Waals surface area contributed by atoms with Crippen LogP contribution in [0.25, 0.3) is 11.4 Å². The number of nitrogens with two attached hydrogens (primary N) is 1. The number of methoxy groups -OCH3 is 2. The second-order valence-electron chi connectivity index (χ2n) is 7.53. The second kappa shape index (κ2) is 9.58. The van der Waals surface area contributed by atoms with E-state index < -0.39 is 0 Å². The Labute approximate surface area is 204 Å². The summed E-state index contributed by atoms with van der Waals surface area (Å²) in [6.45, 7) is 0. The molecule has 1 amide bonds. The minimum absolute atomic E-state index is 0.0490. The summed E-state index contributed by atoms with van der Waals surface area (Å²) in [6.07, 6.45) is 3.63. The zero-order valence-electron chi connectivity index (χ0n) is 19.0. The van der Waals surface area contributed by atoms with Gasteiger partial charge in [-0.2, -0.15) is 5.10 Å². The standard InChI is InChI=1S/C23H22N6O5S/c1-31-19-8-7-14(11-20(19)32-2)22-25-26-23(28(22)24)35-13-21(30)29-16(18-6-4-10-34-18)12-15(27-29)17-5-3-9-33-17/h3-11,16H,12-13,24H2,1-2H3. The van der Waals surface area contributed by atoms with Crippen LogP contribution in [-0.4, -0.2) is 51.5 Å². The quantitative estimate of drug-likeness (QED) is 0.289. The number of hydrogen-bond acceptors (Lipinski definition) is 10. The summed E-state index contributed by atoms with van der Waals surface area (Å²) in [7, 11) is 3.11. The van der Waals surface area contributed by atoms with Crippen LogP contribution in [0.15, 0.2) is 74.1 Å². The van der Waals surface area contributed by atoms with Crippen LogP contribution < -0.4 is 15.3 Å². The zero-order valence-corrected chi connectivity index (χ0v) is 19.8. The van der Waals surface area contributed by atoms with Gasteiger partial charge in [0.25, 0.3) is 5.91 Å².